The Hall–Kier alpha value is -3.48. The predicted molar refractivity (Wildman–Crippen MR) is 119 cm³/mol. The third-order valence-electron chi connectivity index (χ3n) is 5.59. The normalized spacial score (nSPS) is 19.3. The van der Waals surface area contributed by atoms with Gasteiger partial charge in [-0.2, -0.15) is 5.10 Å². The van der Waals surface area contributed by atoms with Gasteiger partial charge in [0.05, 0.1) is 12.3 Å². The summed E-state index contributed by atoms with van der Waals surface area (Å²) in [4.78, 5) is 4.77. The van der Waals surface area contributed by atoms with Crippen molar-refractivity contribution in [3.63, 3.8) is 0 Å². The van der Waals surface area contributed by atoms with Gasteiger partial charge in [0.1, 0.15) is 23.9 Å². The first-order chi connectivity index (χ1) is 14.7. The van der Waals surface area contributed by atoms with Crippen molar-refractivity contribution in [2.45, 2.75) is 33.2 Å². The zero-order valence-electron chi connectivity index (χ0n) is 18.2. The third kappa shape index (κ3) is 3.30. The summed E-state index contributed by atoms with van der Waals surface area (Å²) in [6.07, 6.45) is 1.89. The van der Waals surface area contributed by atoms with Gasteiger partial charge in [0.15, 0.2) is 5.54 Å². The second-order valence-electron chi connectivity index (χ2n) is 9.30. The maximum absolute atomic E-state index is 6.26. The topological polar surface area (TPSA) is 94.8 Å². The van der Waals surface area contributed by atoms with Crippen LogP contribution in [0.3, 0.4) is 0 Å². The molecule has 0 radical (unpaired) electrons. The van der Waals surface area contributed by atoms with Crippen LogP contribution in [0, 0.1) is 12.3 Å². The van der Waals surface area contributed by atoms with Crippen molar-refractivity contribution in [3.8, 4) is 28.4 Å². The van der Waals surface area contributed by atoms with Crippen molar-refractivity contribution in [1.29, 1.82) is 0 Å². The van der Waals surface area contributed by atoms with Gasteiger partial charge in [-0.3, -0.25) is 5.10 Å². The Bertz CT molecular complexity index is 1190. The van der Waals surface area contributed by atoms with Crippen LogP contribution in [0.4, 0.5) is 0 Å². The molecular formula is C24H26N4O3. The molecule has 1 aromatic heterocycles. The molecule has 0 unspecified atom stereocenters. The number of amidine groups is 1. The highest BCUT2D eigenvalue weighted by Gasteiger charge is 2.47. The minimum atomic E-state index is -0.790. The Balaban J connectivity index is 1.64. The minimum Gasteiger partial charge on any atom is -0.493 e. The molecule has 0 saturated carbocycles. The zero-order valence-corrected chi connectivity index (χ0v) is 18.2. The van der Waals surface area contributed by atoms with Crippen LogP contribution in [0.5, 0.6) is 17.2 Å². The molecule has 0 fully saturated rings. The summed E-state index contributed by atoms with van der Waals surface area (Å²) >= 11 is 0. The van der Waals surface area contributed by atoms with Crippen molar-refractivity contribution < 1.29 is 14.2 Å². The van der Waals surface area contributed by atoms with Gasteiger partial charge in [0, 0.05) is 22.9 Å². The number of ether oxygens (including phenoxy) is 3. The van der Waals surface area contributed by atoms with Gasteiger partial charge >= 0.3 is 0 Å². The first kappa shape index (κ1) is 19.5. The fourth-order valence-electron chi connectivity index (χ4n) is 4.04. The lowest BCUT2D eigenvalue weighted by atomic mass is 9.80. The fourth-order valence-corrected chi connectivity index (χ4v) is 4.04. The molecule has 160 valence electrons. The van der Waals surface area contributed by atoms with E-state index in [-0.39, 0.29) is 11.4 Å². The van der Waals surface area contributed by atoms with Crippen LogP contribution >= 0.6 is 0 Å². The number of rotatable bonds is 3. The van der Waals surface area contributed by atoms with E-state index in [1.54, 1.807) is 0 Å². The van der Waals surface area contributed by atoms with E-state index >= 15 is 0 Å². The van der Waals surface area contributed by atoms with Crippen LogP contribution in [0.25, 0.3) is 11.1 Å². The van der Waals surface area contributed by atoms with E-state index in [1.165, 1.54) is 0 Å². The van der Waals surface area contributed by atoms with Crippen LogP contribution in [0.15, 0.2) is 47.6 Å². The average Bonchev–Trinajstić information content (AvgIpc) is 3.33. The molecule has 3 aromatic rings. The first-order valence-electron chi connectivity index (χ1n) is 10.3. The monoisotopic (exact) mass is 418 g/mol. The van der Waals surface area contributed by atoms with Gasteiger partial charge in [-0.05, 0) is 48.2 Å². The molecule has 0 aliphatic carbocycles. The van der Waals surface area contributed by atoms with Gasteiger partial charge < -0.3 is 19.9 Å². The predicted octanol–water partition coefficient (Wildman–Crippen LogP) is 4.50. The summed E-state index contributed by atoms with van der Waals surface area (Å²) in [5.74, 6) is 2.23. The maximum Gasteiger partial charge on any atom is 0.283 e. The molecule has 2 aromatic carbocycles. The van der Waals surface area contributed by atoms with Crippen LogP contribution in [0.2, 0.25) is 0 Å². The Labute approximate surface area is 181 Å². The molecule has 31 heavy (non-hydrogen) atoms. The van der Waals surface area contributed by atoms with Crippen molar-refractivity contribution in [2.75, 3.05) is 13.2 Å². The van der Waals surface area contributed by atoms with Crippen molar-refractivity contribution >= 4 is 6.02 Å². The lowest BCUT2D eigenvalue weighted by molar-refractivity contribution is 0.197. The van der Waals surface area contributed by atoms with Gasteiger partial charge in [0.2, 0.25) is 0 Å². The minimum absolute atomic E-state index is 0.0487. The Morgan fingerprint density at radius 2 is 1.87 bits per heavy atom. The number of benzene rings is 2. The molecule has 3 heterocycles. The van der Waals surface area contributed by atoms with E-state index in [2.05, 4.69) is 37.0 Å². The number of aliphatic imine (C=N–C) groups is 1. The molecule has 3 N–H and O–H groups in total. The van der Waals surface area contributed by atoms with Crippen LogP contribution in [-0.4, -0.2) is 29.4 Å². The molecule has 5 rings (SSSR count). The van der Waals surface area contributed by atoms with E-state index < -0.39 is 5.54 Å². The van der Waals surface area contributed by atoms with E-state index in [0.29, 0.717) is 13.2 Å². The number of fused-ring (bicyclic) bond motifs is 4. The number of hydrogen-bond donors (Lipinski definition) is 2. The number of aromatic nitrogens is 2. The lowest BCUT2D eigenvalue weighted by Gasteiger charge is -2.34. The average molecular weight is 418 g/mol. The number of nitrogens with one attached hydrogen (secondary N) is 1. The van der Waals surface area contributed by atoms with Crippen molar-refractivity contribution in [2.24, 2.45) is 16.1 Å². The fraction of sp³-hybridized carbons (Fsp3) is 0.333. The van der Waals surface area contributed by atoms with Crippen LogP contribution in [-0.2, 0) is 10.3 Å². The van der Waals surface area contributed by atoms with Gasteiger partial charge in [-0.15, -0.1) is 0 Å². The van der Waals surface area contributed by atoms with Crippen molar-refractivity contribution in [1.82, 2.24) is 10.2 Å². The highest BCUT2D eigenvalue weighted by molar-refractivity contribution is 5.78. The Kier molecular flexibility index (Phi) is 4.25. The highest BCUT2D eigenvalue weighted by Crippen LogP contribution is 2.52. The highest BCUT2D eigenvalue weighted by atomic mass is 16.5. The number of nitrogens with two attached hydrogens (primary N) is 1. The lowest BCUT2D eigenvalue weighted by Crippen LogP contribution is -2.31. The summed E-state index contributed by atoms with van der Waals surface area (Å²) in [6, 6.07) is 12.1. The second-order valence-corrected chi connectivity index (χ2v) is 9.30. The van der Waals surface area contributed by atoms with E-state index in [0.717, 1.165) is 45.2 Å². The van der Waals surface area contributed by atoms with Crippen molar-refractivity contribution in [3.05, 3.63) is 59.4 Å². The van der Waals surface area contributed by atoms with Gasteiger partial charge in [0.25, 0.3) is 6.02 Å². The van der Waals surface area contributed by atoms with E-state index in [1.807, 2.05) is 43.5 Å². The van der Waals surface area contributed by atoms with E-state index in [4.69, 9.17) is 24.9 Å². The number of aromatic amines is 1. The summed E-state index contributed by atoms with van der Waals surface area (Å²) in [5, 5.41) is 7.17. The van der Waals surface area contributed by atoms with Crippen LogP contribution in [0.1, 0.15) is 37.6 Å². The SMILES string of the molecule is Cc1n[nH]cc1-c1ccc2c(c1)[C@@]1(COC(N)=N1)c1cc(OCC(C)(C)C)ccc1O2. The summed E-state index contributed by atoms with van der Waals surface area (Å²) < 4.78 is 18.0. The molecule has 0 amide bonds. The quantitative estimate of drug-likeness (QED) is 0.653. The molecule has 1 atom stereocenters. The largest absolute Gasteiger partial charge is 0.493 e. The third-order valence-corrected chi connectivity index (χ3v) is 5.59. The molecule has 0 bridgehead atoms. The molecule has 7 nitrogen and oxygen atoms in total. The molecule has 2 aliphatic rings. The van der Waals surface area contributed by atoms with Gasteiger partial charge in [-0.1, -0.05) is 26.8 Å². The molecular weight excluding hydrogens is 392 g/mol. The number of nitrogens with zero attached hydrogens (tertiary/aromatic N) is 2. The van der Waals surface area contributed by atoms with Crippen LogP contribution < -0.4 is 15.2 Å². The molecule has 1 spiro atoms. The summed E-state index contributed by atoms with van der Waals surface area (Å²) in [6.45, 7) is 9.30. The smallest absolute Gasteiger partial charge is 0.283 e. The number of aryl methyl sites for hydroxylation is 1. The standard InChI is InChI=1S/C24H26N4O3/c1-14-17(11-26-28-14)15-5-7-20-18(9-15)24(13-30-22(25)27-24)19-10-16(6-8-21(19)31-20)29-12-23(2,3)4/h5-11H,12-13H2,1-4H3,(H2,25,27)(H,26,28)/t24-/m0/s1. The second kappa shape index (κ2) is 6.77. The molecule has 0 saturated heterocycles. The summed E-state index contributed by atoms with van der Waals surface area (Å²) in [7, 11) is 0. The molecule has 7 heteroatoms. The molecule has 2 aliphatic heterocycles. The van der Waals surface area contributed by atoms with Gasteiger partial charge in [-0.25, -0.2) is 4.99 Å². The zero-order chi connectivity index (χ0) is 21.8. The number of hydrogen-bond acceptors (Lipinski definition) is 6. The van der Waals surface area contributed by atoms with E-state index in [9.17, 15) is 0 Å². The summed E-state index contributed by atoms with van der Waals surface area (Å²) in [5.41, 5.74) is 10.0. The number of H-pyrrole nitrogens is 1. The Morgan fingerprint density at radius 3 is 2.52 bits per heavy atom. The maximum atomic E-state index is 6.26. The Morgan fingerprint density at radius 1 is 1.13 bits per heavy atom. The first-order valence-corrected chi connectivity index (χ1v) is 10.3.